The third kappa shape index (κ3) is 6.39. The van der Waals surface area contributed by atoms with Crippen LogP contribution in [0.3, 0.4) is 0 Å². The van der Waals surface area contributed by atoms with E-state index in [4.69, 9.17) is 0 Å². The second-order valence-electron chi connectivity index (χ2n) is 2.73. The Morgan fingerprint density at radius 2 is 1.28 bits per heavy atom. The van der Waals surface area contributed by atoms with Crippen molar-refractivity contribution in [3.63, 3.8) is 0 Å². The lowest BCUT2D eigenvalue weighted by molar-refractivity contribution is -0.311. The van der Waals surface area contributed by atoms with Crippen LogP contribution >= 0.6 is 0 Å². The van der Waals surface area contributed by atoms with Gasteiger partial charge in [-0.25, -0.2) is 4.79 Å². The van der Waals surface area contributed by atoms with Crippen molar-refractivity contribution in [2.75, 3.05) is 6.61 Å². The third-order valence-corrected chi connectivity index (χ3v) is 1.16. The summed E-state index contributed by atoms with van der Waals surface area (Å²) in [6.07, 6.45) is -24.4. The number of ether oxygens (including phenoxy) is 2. The molecule has 0 aromatic heterocycles. The SMILES string of the molecule is O=C(OCC(F)(F)F)OC(C(F)(F)F)C(F)(F)F. The molecule has 0 N–H and O–H groups in total. The lowest BCUT2D eigenvalue weighted by Gasteiger charge is -2.22. The van der Waals surface area contributed by atoms with Crippen molar-refractivity contribution < 1.29 is 53.8 Å². The lowest BCUT2D eigenvalue weighted by atomic mass is 10.3. The number of rotatable bonds is 2. The van der Waals surface area contributed by atoms with Gasteiger partial charge in [0, 0.05) is 0 Å². The van der Waals surface area contributed by atoms with Crippen LogP contribution in [0.25, 0.3) is 0 Å². The van der Waals surface area contributed by atoms with Gasteiger partial charge in [0.2, 0.25) is 0 Å². The van der Waals surface area contributed by atoms with Gasteiger partial charge < -0.3 is 9.47 Å². The molecular formula is C6H3F9O3. The zero-order chi connectivity index (χ0) is 14.8. The van der Waals surface area contributed by atoms with Crippen molar-refractivity contribution in [3.8, 4) is 0 Å². The van der Waals surface area contributed by atoms with E-state index in [1.807, 2.05) is 0 Å². The molecule has 12 heteroatoms. The Balaban J connectivity index is 4.58. The summed E-state index contributed by atoms with van der Waals surface area (Å²) >= 11 is 0. The van der Waals surface area contributed by atoms with Crippen molar-refractivity contribution in [1.82, 2.24) is 0 Å². The van der Waals surface area contributed by atoms with E-state index >= 15 is 0 Å². The summed E-state index contributed by atoms with van der Waals surface area (Å²) in [7, 11) is 0. The van der Waals surface area contributed by atoms with E-state index in [0.717, 1.165) is 0 Å². The van der Waals surface area contributed by atoms with E-state index in [-0.39, 0.29) is 0 Å². The number of alkyl halides is 9. The highest BCUT2D eigenvalue weighted by Crippen LogP contribution is 2.35. The van der Waals surface area contributed by atoms with Crippen LogP contribution in [0.15, 0.2) is 0 Å². The second kappa shape index (κ2) is 5.10. The lowest BCUT2D eigenvalue weighted by Crippen LogP contribution is -2.45. The summed E-state index contributed by atoms with van der Waals surface area (Å²) < 4.78 is 111. The molecule has 0 aliphatic carbocycles. The topological polar surface area (TPSA) is 35.5 Å². The van der Waals surface area contributed by atoms with Gasteiger partial charge in [-0.1, -0.05) is 0 Å². The number of hydrogen-bond acceptors (Lipinski definition) is 3. The van der Waals surface area contributed by atoms with Gasteiger partial charge >= 0.3 is 24.7 Å². The molecule has 0 saturated heterocycles. The van der Waals surface area contributed by atoms with Gasteiger partial charge in [-0.3, -0.25) is 0 Å². The van der Waals surface area contributed by atoms with Crippen molar-refractivity contribution in [3.05, 3.63) is 0 Å². The van der Waals surface area contributed by atoms with Crippen LogP contribution in [-0.2, 0) is 9.47 Å². The summed E-state index contributed by atoms with van der Waals surface area (Å²) in [4.78, 5) is 10.2. The average molecular weight is 294 g/mol. The number of hydrogen-bond donors (Lipinski definition) is 0. The molecule has 0 aromatic rings. The van der Waals surface area contributed by atoms with E-state index in [2.05, 4.69) is 9.47 Å². The fourth-order valence-electron chi connectivity index (χ4n) is 0.590. The molecule has 0 heterocycles. The molecule has 0 aliphatic rings. The molecule has 0 unspecified atom stereocenters. The van der Waals surface area contributed by atoms with Gasteiger partial charge in [-0.05, 0) is 0 Å². The Labute approximate surface area is 92.4 Å². The van der Waals surface area contributed by atoms with Crippen LogP contribution in [0.4, 0.5) is 44.3 Å². The first-order chi connectivity index (χ1) is 7.73. The fraction of sp³-hybridized carbons (Fsp3) is 0.833. The Hall–Kier alpha value is -1.36. The maximum atomic E-state index is 11.8. The predicted molar refractivity (Wildman–Crippen MR) is 34.4 cm³/mol. The maximum absolute atomic E-state index is 11.8. The third-order valence-electron chi connectivity index (χ3n) is 1.16. The van der Waals surface area contributed by atoms with Crippen molar-refractivity contribution in [2.45, 2.75) is 24.6 Å². The minimum absolute atomic E-state index is 2.37. The second-order valence-corrected chi connectivity index (χ2v) is 2.73. The van der Waals surface area contributed by atoms with Crippen LogP contribution in [0, 0.1) is 0 Å². The Morgan fingerprint density at radius 3 is 1.56 bits per heavy atom. The first-order valence-corrected chi connectivity index (χ1v) is 3.77. The fourth-order valence-corrected chi connectivity index (χ4v) is 0.590. The molecule has 0 saturated carbocycles. The molecule has 0 rings (SSSR count). The smallest absolute Gasteiger partial charge is 0.425 e. The van der Waals surface area contributed by atoms with Crippen molar-refractivity contribution >= 4 is 6.16 Å². The van der Waals surface area contributed by atoms with E-state index in [1.54, 1.807) is 0 Å². The number of carbonyl (C=O) groups is 1. The average Bonchev–Trinajstić information content (AvgIpc) is 2.05. The molecule has 0 bridgehead atoms. The van der Waals surface area contributed by atoms with Crippen LogP contribution in [0.1, 0.15) is 0 Å². The van der Waals surface area contributed by atoms with E-state index < -0.39 is 37.4 Å². The van der Waals surface area contributed by atoms with Crippen LogP contribution in [-0.4, -0.2) is 37.4 Å². The van der Waals surface area contributed by atoms with Crippen LogP contribution in [0.5, 0.6) is 0 Å². The summed E-state index contributed by atoms with van der Waals surface area (Å²) in [6, 6.07) is 0. The quantitative estimate of drug-likeness (QED) is 0.579. The summed E-state index contributed by atoms with van der Waals surface area (Å²) in [5.74, 6) is 0. The molecular weight excluding hydrogens is 291 g/mol. The summed E-state index contributed by atoms with van der Waals surface area (Å²) in [5, 5.41) is 0. The van der Waals surface area contributed by atoms with E-state index in [9.17, 15) is 44.3 Å². The minimum atomic E-state index is -6.02. The van der Waals surface area contributed by atoms with Gasteiger partial charge in [0.15, 0.2) is 6.61 Å². The molecule has 0 radical (unpaired) electrons. The molecule has 18 heavy (non-hydrogen) atoms. The molecule has 0 aromatic carbocycles. The van der Waals surface area contributed by atoms with Crippen LogP contribution < -0.4 is 0 Å². The molecule has 3 nitrogen and oxygen atoms in total. The molecule has 0 amide bonds. The van der Waals surface area contributed by atoms with Gasteiger partial charge in [-0.2, -0.15) is 39.5 Å². The van der Waals surface area contributed by atoms with Crippen LogP contribution in [0.2, 0.25) is 0 Å². The maximum Gasteiger partial charge on any atom is 0.509 e. The molecule has 0 spiro atoms. The summed E-state index contributed by atoms with van der Waals surface area (Å²) in [5.41, 5.74) is 0. The number of halogens is 9. The normalized spacial score (nSPS) is 13.7. The molecule has 0 fully saturated rings. The highest BCUT2D eigenvalue weighted by Gasteiger charge is 2.60. The first kappa shape index (κ1) is 16.6. The van der Waals surface area contributed by atoms with Gasteiger partial charge in [0.1, 0.15) is 0 Å². The van der Waals surface area contributed by atoms with Gasteiger partial charge in [0.05, 0.1) is 0 Å². The summed E-state index contributed by atoms with van der Waals surface area (Å²) in [6.45, 7) is -2.37. The van der Waals surface area contributed by atoms with Crippen molar-refractivity contribution in [2.24, 2.45) is 0 Å². The Kier molecular flexibility index (Phi) is 4.71. The van der Waals surface area contributed by atoms with Gasteiger partial charge in [-0.15, -0.1) is 0 Å². The Bertz CT molecular complexity index is 274. The zero-order valence-corrected chi connectivity index (χ0v) is 7.91. The molecule has 108 valence electrons. The highest BCUT2D eigenvalue weighted by atomic mass is 19.4. The van der Waals surface area contributed by atoms with E-state index in [0.29, 0.717) is 0 Å². The predicted octanol–water partition coefficient (Wildman–Crippen LogP) is 3.20. The van der Waals surface area contributed by atoms with Crippen molar-refractivity contribution in [1.29, 1.82) is 0 Å². The molecule has 0 aliphatic heterocycles. The highest BCUT2D eigenvalue weighted by molar-refractivity contribution is 5.60. The Morgan fingerprint density at radius 1 is 0.889 bits per heavy atom. The standard InChI is InChI=1S/C6H3F9O3/c7-4(8,9)1-17-3(16)18-2(5(10,11)12)6(13,14)15/h2H,1H2. The van der Waals surface area contributed by atoms with Gasteiger partial charge in [0.25, 0.3) is 6.10 Å². The number of carbonyl (C=O) groups excluding carboxylic acids is 1. The zero-order valence-electron chi connectivity index (χ0n) is 7.91. The first-order valence-electron chi connectivity index (χ1n) is 3.77. The minimum Gasteiger partial charge on any atom is -0.425 e. The molecule has 0 atom stereocenters. The largest absolute Gasteiger partial charge is 0.509 e. The van der Waals surface area contributed by atoms with E-state index in [1.165, 1.54) is 0 Å². The monoisotopic (exact) mass is 294 g/mol.